The summed E-state index contributed by atoms with van der Waals surface area (Å²) in [5.74, 6) is 0.478. The van der Waals surface area contributed by atoms with Gasteiger partial charge in [0.2, 0.25) is 0 Å². The Labute approximate surface area is 153 Å². The highest BCUT2D eigenvalue weighted by Crippen LogP contribution is 2.39. The molecule has 2 aromatic rings. The molecule has 0 aromatic heterocycles. The van der Waals surface area contributed by atoms with Crippen LogP contribution in [0.2, 0.25) is 0 Å². The van der Waals surface area contributed by atoms with Gasteiger partial charge in [-0.3, -0.25) is 0 Å². The second-order valence-corrected chi connectivity index (χ2v) is 7.37. The van der Waals surface area contributed by atoms with Crippen LogP contribution in [0.1, 0.15) is 50.7 Å². The van der Waals surface area contributed by atoms with Crippen molar-refractivity contribution >= 4 is 0 Å². The Morgan fingerprint density at radius 2 is 1.48 bits per heavy atom. The third-order valence-corrected chi connectivity index (χ3v) is 5.61. The number of hydrogen-bond acceptors (Lipinski definition) is 2. The minimum Gasteiger partial charge on any atom is -0.315 e. The van der Waals surface area contributed by atoms with Crippen LogP contribution in [-0.4, -0.2) is 13.2 Å². The molecular formula is C23H34N2. The van der Waals surface area contributed by atoms with Gasteiger partial charge in [0.25, 0.3) is 0 Å². The molecule has 0 heterocycles. The number of nitrogens with one attached hydrogen (secondary N) is 1. The largest absolute Gasteiger partial charge is 0.315 e. The third kappa shape index (κ3) is 4.93. The van der Waals surface area contributed by atoms with Crippen molar-refractivity contribution in [3.63, 3.8) is 0 Å². The van der Waals surface area contributed by atoms with Crippen molar-refractivity contribution < 1.29 is 0 Å². The van der Waals surface area contributed by atoms with E-state index in [1.54, 1.807) is 0 Å². The number of hydrogen-bond donors (Lipinski definition) is 2. The zero-order valence-electron chi connectivity index (χ0n) is 16.0. The predicted octanol–water partition coefficient (Wildman–Crippen LogP) is 4.89. The Kier molecular flexibility index (Phi) is 7.67. The third-order valence-electron chi connectivity index (χ3n) is 5.61. The number of rotatable bonds is 10. The molecule has 25 heavy (non-hydrogen) atoms. The lowest BCUT2D eigenvalue weighted by molar-refractivity contribution is 0.203. The zero-order chi connectivity index (χ0) is 18.1. The lowest BCUT2D eigenvalue weighted by Crippen LogP contribution is -2.56. The molecule has 0 saturated carbocycles. The van der Waals surface area contributed by atoms with Gasteiger partial charge in [0.15, 0.2) is 0 Å². The molecule has 0 saturated heterocycles. The molecule has 0 radical (unpaired) electrons. The Morgan fingerprint density at radius 3 is 2.04 bits per heavy atom. The van der Waals surface area contributed by atoms with Crippen LogP contribution in [0.15, 0.2) is 60.7 Å². The molecule has 0 aliphatic carbocycles. The van der Waals surface area contributed by atoms with Gasteiger partial charge >= 0.3 is 0 Å². The van der Waals surface area contributed by atoms with Crippen LogP contribution in [0.25, 0.3) is 0 Å². The van der Waals surface area contributed by atoms with Gasteiger partial charge < -0.3 is 11.1 Å². The molecule has 2 aromatic carbocycles. The molecule has 2 rings (SSSR count). The van der Waals surface area contributed by atoms with E-state index >= 15 is 0 Å². The molecular weight excluding hydrogens is 304 g/mol. The summed E-state index contributed by atoms with van der Waals surface area (Å²) in [6, 6.07) is 21.6. The van der Waals surface area contributed by atoms with Gasteiger partial charge in [0, 0.05) is 5.41 Å². The van der Waals surface area contributed by atoms with E-state index in [1.807, 2.05) is 7.05 Å². The minimum absolute atomic E-state index is 0.0250. The van der Waals surface area contributed by atoms with Gasteiger partial charge in [-0.15, -0.1) is 0 Å². The normalized spacial score (nSPS) is 15.1. The molecule has 2 nitrogen and oxygen atoms in total. The van der Waals surface area contributed by atoms with Crippen LogP contribution in [0.3, 0.4) is 0 Å². The van der Waals surface area contributed by atoms with Crippen molar-refractivity contribution in [1.29, 1.82) is 0 Å². The van der Waals surface area contributed by atoms with E-state index in [0.717, 1.165) is 6.42 Å². The molecule has 2 atom stereocenters. The molecule has 2 unspecified atom stereocenters. The maximum atomic E-state index is 6.58. The Balaban J connectivity index is 2.01. The van der Waals surface area contributed by atoms with Crippen molar-refractivity contribution in [3.05, 3.63) is 71.8 Å². The van der Waals surface area contributed by atoms with Crippen LogP contribution in [0.4, 0.5) is 0 Å². The smallest absolute Gasteiger partial charge is 0.0645 e. The average molecular weight is 339 g/mol. The SMILES string of the molecule is CNC(N)C(CCCCCc1ccccc1)(c1ccccc1)C(C)C. The number of unbranched alkanes of at least 4 members (excludes halogenated alkanes) is 2. The zero-order valence-corrected chi connectivity index (χ0v) is 16.0. The minimum atomic E-state index is -0.0379. The second-order valence-electron chi connectivity index (χ2n) is 7.37. The summed E-state index contributed by atoms with van der Waals surface area (Å²) in [6.45, 7) is 4.60. The Bertz CT molecular complexity index is 594. The molecule has 0 aliphatic heterocycles. The first-order valence-electron chi connectivity index (χ1n) is 9.63. The fourth-order valence-corrected chi connectivity index (χ4v) is 4.03. The summed E-state index contributed by atoms with van der Waals surface area (Å²) in [5, 5.41) is 3.33. The summed E-state index contributed by atoms with van der Waals surface area (Å²) in [7, 11) is 1.97. The second kappa shape index (κ2) is 9.74. The first-order valence-corrected chi connectivity index (χ1v) is 9.63. The van der Waals surface area contributed by atoms with Gasteiger partial charge in [0.1, 0.15) is 0 Å². The highest BCUT2D eigenvalue weighted by atomic mass is 15.0. The number of nitrogens with two attached hydrogens (primary N) is 1. The molecule has 136 valence electrons. The molecule has 3 N–H and O–H groups in total. The number of aryl methyl sites for hydroxylation is 1. The number of benzene rings is 2. The maximum Gasteiger partial charge on any atom is 0.0645 e. The summed E-state index contributed by atoms with van der Waals surface area (Å²) in [4.78, 5) is 0. The quantitative estimate of drug-likeness (QED) is 0.478. The lowest BCUT2D eigenvalue weighted by Gasteiger charge is -2.43. The number of likely N-dealkylation sites (N-methyl/N-ethyl adjacent to an activating group) is 1. The van der Waals surface area contributed by atoms with Gasteiger partial charge in [-0.05, 0) is 43.4 Å². The van der Waals surface area contributed by atoms with Gasteiger partial charge in [-0.2, -0.15) is 0 Å². The molecule has 0 amide bonds. The Morgan fingerprint density at radius 1 is 0.880 bits per heavy atom. The van der Waals surface area contributed by atoms with Crippen LogP contribution in [0.5, 0.6) is 0 Å². The van der Waals surface area contributed by atoms with Crippen LogP contribution < -0.4 is 11.1 Å². The molecule has 0 bridgehead atoms. The highest BCUT2D eigenvalue weighted by Gasteiger charge is 2.40. The fraction of sp³-hybridized carbons (Fsp3) is 0.478. The van der Waals surface area contributed by atoms with Crippen LogP contribution in [0, 0.1) is 5.92 Å². The van der Waals surface area contributed by atoms with Crippen LogP contribution in [-0.2, 0) is 11.8 Å². The first-order chi connectivity index (χ1) is 12.1. The predicted molar refractivity (Wildman–Crippen MR) is 109 cm³/mol. The van der Waals surface area contributed by atoms with Crippen molar-refractivity contribution in [3.8, 4) is 0 Å². The Hall–Kier alpha value is -1.64. The maximum absolute atomic E-state index is 6.58. The first kappa shape index (κ1) is 19.7. The summed E-state index contributed by atoms with van der Waals surface area (Å²) in [5.41, 5.74) is 9.35. The van der Waals surface area contributed by atoms with E-state index < -0.39 is 0 Å². The van der Waals surface area contributed by atoms with Crippen molar-refractivity contribution in [2.75, 3.05) is 7.05 Å². The van der Waals surface area contributed by atoms with Crippen molar-refractivity contribution in [2.45, 2.75) is 57.5 Å². The van der Waals surface area contributed by atoms with Crippen LogP contribution >= 0.6 is 0 Å². The fourth-order valence-electron chi connectivity index (χ4n) is 4.03. The highest BCUT2D eigenvalue weighted by molar-refractivity contribution is 5.28. The summed E-state index contributed by atoms with van der Waals surface area (Å²) in [6.07, 6.45) is 5.93. The molecule has 2 heteroatoms. The molecule has 0 fully saturated rings. The molecule has 0 aliphatic rings. The summed E-state index contributed by atoms with van der Waals surface area (Å²) >= 11 is 0. The van der Waals surface area contributed by atoms with E-state index in [4.69, 9.17) is 5.73 Å². The van der Waals surface area contributed by atoms with Gasteiger partial charge in [-0.1, -0.05) is 87.4 Å². The topological polar surface area (TPSA) is 38.0 Å². The monoisotopic (exact) mass is 338 g/mol. The summed E-state index contributed by atoms with van der Waals surface area (Å²) < 4.78 is 0. The van der Waals surface area contributed by atoms with Gasteiger partial charge in [0.05, 0.1) is 6.17 Å². The van der Waals surface area contributed by atoms with E-state index in [9.17, 15) is 0 Å². The lowest BCUT2D eigenvalue weighted by atomic mass is 9.66. The van der Waals surface area contributed by atoms with E-state index in [1.165, 1.54) is 36.8 Å². The average Bonchev–Trinajstić information content (AvgIpc) is 2.65. The van der Waals surface area contributed by atoms with Crippen molar-refractivity contribution in [2.24, 2.45) is 11.7 Å². The van der Waals surface area contributed by atoms with Crippen molar-refractivity contribution in [1.82, 2.24) is 5.32 Å². The van der Waals surface area contributed by atoms with E-state index in [2.05, 4.69) is 79.8 Å². The van der Waals surface area contributed by atoms with Gasteiger partial charge in [-0.25, -0.2) is 0 Å². The van der Waals surface area contributed by atoms with E-state index in [-0.39, 0.29) is 11.6 Å². The molecule has 0 spiro atoms. The van der Waals surface area contributed by atoms with E-state index in [0.29, 0.717) is 5.92 Å². The standard InChI is InChI=1S/C23H34N2/c1-19(2)23(22(24)25-3,21-16-10-5-11-17-21)18-12-6-9-15-20-13-7-4-8-14-20/h4-5,7-8,10-11,13-14,16-17,19,22,25H,6,9,12,15,18,24H2,1-3H3.